The van der Waals surface area contributed by atoms with E-state index < -0.39 is 6.37 Å². The van der Waals surface area contributed by atoms with Gasteiger partial charge in [-0.3, -0.25) is 9.63 Å². The average Bonchev–Trinajstić information content (AvgIpc) is 3.17. The van der Waals surface area contributed by atoms with E-state index in [4.69, 9.17) is 12.3 Å². The molecule has 1 aromatic rings. The molecule has 0 spiro atoms. The molecule has 4 heteroatoms. The molecule has 0 N–H and O–H groups in total. The number of ether oxygens (including phenoxy) is 1. The molecule has 1 saturated carbocycles. The summed E-state index contributed by atoms with van der Waals surface area (Å²) in [6, 6.07) is 5.54. The van der Waals surface area contributed by atoms with Crippen molar-refractivity contribution in [3.05, 3.63) is 29.3 Å². The van der Waals surface area contributed by atoms with E-state index in [-0.39, 0.29) is 24.3 Å². The van der Waals surface area contributed by atoms with Crippen LogP contribution in [-0.4, -0.2) is 31.7 Å². The van der Waals surface area contributed by atoms with Gasteiger partial charge in [-0.1, -0.05) is 12.1 Å². The fourth-order valence-corrected chi connectivity index (χ4v) is 2.49. The van der Waals surface area contributed by atoms with Crippen LogP contribution in [0.4, 0.5) is 0 Å². The molecule has 0 saturated heterocycles. The third kappa shape index (κ3) is 1.77. The highest BCUT2D eigenvalue weighted by molar-refractivity contribution is 5.82. The second-order valence-corrected chi connectivity index (χ2v) is 4.65. The third-order valence-corrected chi connectivity index (χ3v) is 3.63. The van der Waals surface area contributed by atoms with Gasteiger partial charge in [-0.05, 0) is 24.0 Å². The summed E-state index contributed by atoms with van der Waals surface area (Å²) in [5.74, 6) is 0.481. The molecule has 0 aromatic heterocycles. The molecule has 1 amide bonds. The van der Waals surface area contributed by atoms with Gasteiger partial charge >= 0.3 is 0 Å². The van der Waals surface area contributed by atoms with Crippen molar-refractivity contribution in [1.29, 1.82) is 0 Å². The molecule has 18 heavy (non-hydrogen) atoms. The van der Waals surface area contributed by atoms with Gasteiger partial charge in [0.25, 0.3) is 0 Å². The van der Waals surface area contributed by atoms with E-state index in [9.17, 15) is 4.79 Å². The van der Waals surface area contributed by atoms with Gasteiger partial charge in [0.05, 0.1) is 13.7 Å². The minimum Gasteiger partial charge on any atom is -0.493 e. The minimum absolute atomic E-state index is 0.0443. The fraction of sp³-hybridized carbons (Fsp3) is 0.500. The van der Waals surface area contributed by atoms with Gasteiger partial charge in [-0.25, -0.2) is 5.06 Å². The minimum atomic E-state index is -1.48. The van der Waals surface area contributed by atoms with Crippen LogP contribution >= 0.6 is 0 Å². The van der Waals surface area contributed by atoms with E-state index in [2.05, 4.69) is 0 Å². The quantitative estimate of drug-likeness (QED) is 0.766. The largest absolute Gasteiger partial charge is 0.493 e. The Bertz CT molecular complexity index is 561. The maximum absolute atomic E-state index is 12.1. The highest BCUT2D eigenvalue weighted by atomic mass is 16.7. The van der Waals surface area contributed by atoms with Crippen molar-refractivity contribution in [1.82, 2.24) is 5.06 Å². The van der Waals surface area contributed by atoms with Crippen molar-refractivity contribution in [3.8, 4) is 5.75 Å². The smallest absolute Gasteiger partial charge is 0.249 e. The Labute approximate surface area is 109 Å². The Morgan fingerprint density at radius 3 is 3.22 bits per heavy atom. The molecule has 0 radical (unpaired) electrons. The number of carbonyl (C=O) groups excluding carboxylic acids is 1. The number of hydrogen-bond acceptors (Lipinski definition) is 3. The number of nitrogens with zero attached hydrogens (tertiary/aromatic N) is 1. The lowest BCUT2D eigenvalue weighted by Gasteiger charge is -2.13. The van der Waals surface area contributed by atoms with Crippen LogP contribution in [0.15, 0.2) is 18.2 Å². The Morgan fingerprint density at radius 1 is 1.61 bits per heavy atom. The highest BCUT2D eigenvalue weighted by Crippen LogP contribution is 2.51. The fourth-order valence-electron chi connectivity index (χ4n) is 2.49. The number of rotatable bonds is 3. The molecule has 1 aromatic carbocycles. The highest BCUT2D eigenvalue weighted by Gasteiger charge is 2.46. The van der Waals surface area contributed by atoms with Crippen LogP contribution in [0.25, 0.3) is 0 Å². The lowest BCUT2D eigenvalue weighted by molar-refractivity contribution is -0.170. The van der Waals surface area contributed by atoms with E-state index in [0.29, 0.717) is 11.3 Å². The topological polar surface area (TPSA) is 38.8 Å². The van der Waals surface area contributed by atoms with E-state index in [1.807, 2.05) is 12.1 Å². The maximum atomic E-state index is 12.1. The molecule has 1 fully saturated rings. The predicted molar refractivity (Wildman–Crippen MR) is 66.3 cm³/mol. The first-order valence-electron chi connectivity index (χ1n) is 7.03. The second kappa shape index (κ2) is 4.28. The molecule has 3 rings (SSSR count). The SMILES string of the molecule is [2H]C1([2H])COc2cccc([C@@H]3C[C@H]3C(=O)N(C)OC)c21. The van der Waals surface area contributed by atoms with Crippen molar-refractivity contribution < 1.29 is 17.1 Å². The number of hydrogen-bond donors (Lipinski definition) is 0. The lowest BCUT2D eigenvalue weighted by Crippen LogP contribution is -2.27. The van der Waals surface area contributed by atoms with Crippen molar-refractivity contribution in [2.75, 3.05) is 20.8 Å². The predicted octanol–water partition coefficient (Wildman–Crippen LogP) is 1.74. The average molecular weight is 249 g/mol. The van der Waals surface area contributed by atoms with Crippen molar-refractivity contribution in [2.45, 2.75) is 18.7 Å². The molecular weight excluding hydrogens is 230 g/mol. The number of fused-ring (bicyclic) bond motifs is 1. The first kappa shape index (κ1) is 9.39. The molecular formula is C14H17NO3. The summed E-state index contributed by atoms with van der Waals surface area (Å²) in [5.41, 5.74) is 1.51. The van der Waals surface area contributed by atoms with Gasteiger partial charge in [0.1, 0.15) is 5.75 Å². The summed E-state index contributed by atoms with van der Waals surface area (Å²) < 4.78 is 21.5. The van der Waals surface area contributed by atoms with Crippen LogP contribution in [0.5, 0.6) is 5.75 Å². The van der Waals surface area contributed by atoms with E-state index in [0.717, 1.165) is 12.0 Å². The van der Waals surface area contributed by atoms with Crippen molar-refractivity contribution in [3.63, 3.8) is 0 Å². The Hall–Kier alpha value is -1.55. The summed E-state index contributed by atoms with van der Waals surface area (Å²) in [4.78, 5) is 17.0. The summed E-state index contributed by atoms with van der Waals surface area (Å²) >= 11 is 0. The third-order valence-electron chi connectivity index (χ3n) is 3.63. The molecule has 4 nitrogen and oxygen atoms in total. The number of carbonyl (C=O) groups is 1. The van der Waals surface area contributed by atoms with Crippen LogP contribution in [0.1, 0.15) is 26.2 Å². The molecule has 0 unspecified atom stereocenters. The van der Waals surface area contributed by atoms with Gasteiger partial charge in [0, 0.05) is 27.6 Å². The molecule has 2 aliphatic rings. The summed E-state index contributed by atoms with van der Waals surface area (Å²) in [7, 11) is 3.05. The normalized spacial score (nSPS) is 28.8. The maximum Gasteiger partial charge on any atom is 0.249 e. The number of hydroxylamine groups is 2. The van der Waals surface area contributed by atoms with Crippen LogP contribution < -0.4 is 4.74 Å². The molecule has 1 aliphatic heterocycles. The summed E-state index contributed by atoms with van der Waals surface area (Å²) in [5, 5.41) is 1.24. The van der Waals surface area contributed by atoms with Gasteiger partial charge < -0.3 is 4.74 Å². The molecule has 1 heterocycles. The van der Waals surface area contributed by atoms with Gasteiger partial charge in [-0.2, -0.15) is 0 Å². The van der Waals surface area contributed by atoms with Gasteiger partial charge in [0.15, 0.2) is 0 Å². The van der Waals surface area contributed by atoms with E-state index in [1.54, 1.807) is 13.1 Å². The number of benzene rings is 1. The monoisotopic (exact) mass is 249 g/mol. The van der Waals surface area contributed by atoms with Crippen LogP contribution in [0, 0.1) is 5.92 Å². The molecule has 1 aliphatic carbocycles. The first-order chi connectivity index (χ1) is 9.45. The van der Waals surface area contributed by atoms with Crippen LogP contribution in [-0.2, 0) is 16.0 Å². The molecule has 0 bridgehead atoms. The second-order valence-electron chi connectivity index (χ2n) is 4.65. The van der Waals surface area contributed by atoms with Crippen LogP contribution in [0.2, 0.25) is 0 Å². The van der Waals surface area contributed by atoms with Gasteiger partial charge in [0.2, 0.25) is 5.91 Å². The zero-order chi connectivity index (χ0) is 14.5. The Kier molecular flexibility index (Phi) is 2.23. The van der Waals surface area contributed by atoms with E-state index in [1.165, 1.54) is 12.2 Å². The molecule has 2 atom stereocenters. The lowest BCUT2D eigenvalue weighted by atomic mass is 10.00. The summed E-state index contributed by atoms with van der Waals surface area (Å²) in [6.07, 6.45) is -0.742. The van der Waals surface area contributed by atoms with Gasteiger partial charge in [-0.15, -0.1) is 0 Å². The summed E-state index contributed by atoms with van der Waals surface area (Å²) in [6.45, 7) is 0.0443. The Morgan fingerprint density at radius 2 is 2.44 bits per heavy atom. The molecule has 96 valence electrons. The Balaban J connectivity index is 1.88. The van der Waals surface area contributed by atoms with E-state index >= 15 is 0 Å². The number of amides is 1. The standard InChI is InChI=1S/C14H17NO3/c1-15(17-2)14(16)12-8-11(12)9-4-3-5-13-10(9)6-7-18-13/h3-5,11-12H,6-8H2,1-2H3/t11-,12+/m0/s1/i6D2. The first-order valence-corrected chi connectivity index (χ1v) is 6.03. The van der Waals surface area contributed by atoms with Crippen molar-refractivity contribution in [2.24, 2.45) is 5.92 Å². The zero-order valence-electron chi connectivity index (χ0n) is 12.5. The van der Waals surface area contributed by atoms with Crippen LogP contribution in [0.3, 0.4) is 0 Å². The van der Waals surface area contributed by atoms with Crippen molar-refractivity contribution >= 4 is 5.91 Å². The zero-order valence-corrected chi connectivity index (χ0v) is 10.5.